The molecule has 0 saturated heterocycles. The Kier molecular flexibility index (Phi) is 5.93. The monoisotopic (exact) mass is 265 g/mol. The maximum Gasteiger partial charge on any atom is 0.136 e. The first-order valence-corrected chi connectivity index (χ1v) is 7.44. The van der Waals surface area contributed by atoms with Gasteiger partial charge in [-0.15, -0.1) is 11.3 Å². The van der Waals surface area contributed by atoms with Crippen molar-refractivity contribution >= 4 is 11.4 Å². The molecule has 18 heavy (non-hydrogen) atoms. The van der Waals surface area contributed by atoms with Gasteiger partial charge < -0.3 is 4.55 Å². The van der Waals surface area contributed by atoms with Crippen LogP contribution in [0.5, 0.6) is 0 Å². The van der Waals surface area contributed by atoms with E-state index >= 15 is 0 Å². The Bertz CT molecular complexity index is 359. The fourth-order valence-electron chi connectivity index (χ4n) is 1.57. The zero-order valence-electron chi connectivity index (χ0n) is 11.5. The minimum atomic E-state index is -1.06. The van der Waals surface area contributed by atoms with Crippen molar-refractivity contribution in [3.05, 3.63) is 48.6 Å². The van der Waals surface area contributed by atoms with Crippen LogP contribution < -0.4 is 4.72 Å². The maximum absolute atomic E-state index is 12.2. The second-order valence-corrected chi connectivity index (χ2v) is 7.33. The van der Waals surface area contributed by atoms with E-state index in [1.165, 1.54) is 5.56 Å². The molecule has 1 aromatic rings. The van der Waals surface area contributed by atoms with Crippen molar-refractivity contribution in [3.8, 4) is 0 Å². The average molecular weight is 265 g/mol. The molecule has 0 bridgehead atoms. The van der Waals surface area contributed by atoms with Crippen LogP contribution in [0.3, 0.4) is 0 Å². The molecule has 0 fully saturated rings. The average Bonchev–Trinajstić information content (AvgIpc) is 2.34. The van der Waals surface area contributed by atoms with Gasteiger partial charge in [0.05, 0.1) is 6.04 Å². The van der Waals surface area contributed by atoms with E-state index in [1.807, 2.05) is 45.0 Å². The Labute approximate surface area is 114 Å². The molecule has 1 unspecified atom stereocenters. The molecule has 0 aromatic heterocycles. The highest BCUT2D eigenvalue weighted by atomic mass is 32.2. The van der Waals surface area contributed by atoms with Crippen molar-refractivity contribution in [2.45, 2.75) is 44.4 Å². The minimum Gasteiger partial charge on any atom is -0.598 e. The van der Waals surface area contributed by atoms with E-state index in [-0.39, 0.29) is 10.8 Å². The van der Waals surface area contributed by atoms with E-state index in [1.54, 1.807) is 0 Å². The molecule has 0 heterocycles. The molecule has 0 saturated carbocycles. The Morgan fingerprint density at radius 2 is 1.94 bits per heavy atom. The zero-order chi connectivity index (χ0) is 13.6. The number of allylic oxidation sites excluding steroid dienone is 1. The first-order valence-electron chi connectivity index (χ1n) is 6.29. The van der Waals surface area contributed by atoms with Crippen LogP contribution in [-0.4, -0.2) is 9.30 Å². The fraction of sp³-hybridized carbons (Fsp3) is 0.467. The van der Waals surface area contributed by atoms with Crippen molar-refractivity contribution < 1.29 is 4.55 Å². The molecule has 2 nitrogen and oxygen atoms in total. The lowest BCUT2D eigenvalue weighted by molar-refractivity contribution is 0.513. The number of nitrogens with one attached hydrogen (secondary N) is 1. The number of benzene rings is 1. The van der Waals surface area contributed by atoms with Gasteiger partial charge in [-0.1, -0.05) is 36.4 Å². The number of hydrogen-bond acceptors (Lipinski definition) is 2. The third kappa shape index (κ3) is 4.84. The van der Waals surface area contributed by atoms with Crippen LogP contribution in [0, 0.1) is 0 Å². The van der Waals surface area contributed by atoms with E-state index < -0.39 is 11.4 Å². The molecular weight excluding hydrogens is 242 g/mol. The number of hydrogen-bond donors (Lipinski definition) is 1. The lowest BCUT2D eigenvalue weighted by atomic mass is 10.0. The standard InChI is InChI=1S/C15H23NOS/c1-5-6-12-14(13-10-8-7-9-11-13)16-18(17)15(2,3)4/h5,7-11,14,16H,1,6,12H2,2-4H3/t14-,18?/m0/s1. The van der Waals surface area contributed by atoms with E-state index in [2.05, 4.69) is 23.4 Å². The van der Waals surface area contributed by atoms with Crippen molar-refractivity contribution in [2.24, 2.45) is 0 Å². The van der Waals surface area contributed by atoms with Crippen LogP contribution in [0.1, 0.15) is 45.2 Å². The molecule has 0 aliphatic rings. The van der Waals surface area contributed by atoms with Crippen molar-refractivity contribution in [3.63, 3.8) is 0 Å². The van der Waals surface area contributed by atoms with Gasteiger partial charge in [-0.3, -0.25) is 0 Å². The van der Waals surface area contributed by atoms with Crippen LogP contribution in [0.25, 0.3) is 0 Å². The SMILES string of the molecule is C=CCC[C@H](N[S+]([O-])C(C)(C)C)c1ccccc1. The first-order chi connectivity index (χ1) is 8.45. The van der Waals surface area contributed by atoms with Gasteiger partial charge in [0.2, 0.25) is 0 Å². The first kappa shape index (κ1) is 15.3. The highest BCUT2D eigenvalue weighted by Gasteiger charge is 2.29. The Balaban J connectivity index is 2.76. The van der Waals surface area contributed by atoms with Crippen molar-refractivity contribution in [1.82, 2.24) is 4.72 Å². The van der Waals surface area contributed by atoms with Crippen LogP contribution in [-0.2, 0) is 11.4 Å². The summed E-state index contributed by atoms with van der Waals surface area (Å²) in [7, 11) is 0. The zero-order valence-corrected chi connectivity index (χ0v) is 12.3. The van der Waals surface area contributed by atoms with Gasteiger partial charge in [-0.2, -0.15) is 0 Å². The summed E-state index contributed by atoms with van der Waals surface area (Å²) in [5.74, 6) is 0. The van der Waals surface area contributed by atoms with Crippen molar-refractivity contribution in [2.75, 3.05) is 0 Å². The van der Waals surface area contributed by atoms with Crippen LogP contribution >= 0.6 is 0 Å². The smallest absolute Gasteiger partial charge is 0.136 e. The molecule has 1 aromatic carbocycles. The lowest BCUT2D eigenvalue weighted by Gasteiger charge is -2.28. The normalized spacial score (nSPS) is 15.1. The number of rotatable bonds is 6. The fourth-order valence-corrected chi connectivity index (χ4v) is 2.44. The summed E-state index contributed by atoms with van der Waals surface area (Å²) in [6.07, 6.45) is 3.72. The second-order valence-electron chi connectivity index (χ2n) is 5.33. The summed E-state index contributed by atoms with van der Waals surface area (Å²) in [4.78, 5) is 0. The van der Waals surface area contributed by atoms with Crippen LogP contribution in [0.2, 0.25) is 0 Å². The highest BCUT2D eigenvalue weighted by Crippen LogP contribution is 2.23. The summed E-state index contributed by atoms with van der Waals surface area (Å²) in [5.41, 5.74) is 1.18. The Morgan fingerprint density at radius 1 is 1.33 bits per heavy atom. The molecule has 0 aliphatic carbocycles. The lowest BCUT2D eigenvalue weighted by Crippen LogP contribution is -2.41. The second kappa shape index (κ2) is 6.98. The summed E-state index contributed by atoms with van der Waals surface area (Å²) >= 11 is -1.06. The third-order valence-electron chi connectivity index (χ3n) is 2.67. The van der Waals surface area contributed by atoms with E-state index in [4.69, 9.17) is 0 Å². The molecule has 0 radical (unpaired) electrons. The van der Waals surface area contributed by atoms with Gasteiger partial charge in [0.25, 0.3) is 0 Å². The Morgan fingerprint density at radius 3 is 2.44 bits per heavy atom. The summed E-state index contributed by atoms with van der Waals surface area (Å²) < 4.78 is 15.2. The molecule has 3 heteroatoms. The van der Waals surface area contributed by atoms with E-state index in [9.17, 15) is 4.55 Å². The summed E-state index contributed by atoms with van der Waals surface area (Å²) in [5, 5.41) is 0. The van der Waals surface area contributed by atoms with Gasteiger partial charge in [-0.25, -0.2) is 0 Å². The van der Waals surface area contributed by atoms with Crippen LogP contribution in [0.4, 0.5) is 0 Å². The van der Waals surface area contributed by atoms with Gasteiger partial charge in [-0.05, 0) is 39.2 Å². The van der Waals surface area contributed by atoms with Gasteiger partial charge in [0.1, 0.15) is 4.75 Å². The largest absolute Gasteiger partial charge is 0.598 e. The maximum atomic E-state index is 12.2. The minimum absolute atomic E-state index is 0.115. The molecule has 1 rings (SSSR count). The van der Waals surface area contributed by atoms with Crippen molar-refractivity contribution in [1.29, 1.82) is 0 Å². The van der Waals surface area contributed by atoms with Gasteiger partial charge in [0, 0.05) is 11.4 Å². The Hall–Kier alpha value is -0.770. The summed E-state index contributed by atoms with van der Waals surface area (Å²) in [6, 6.07) is 10.3. The molecule has 2 atom stereocenters. The molecule has 0 amide bonds. The van der Waals surface area contributed by atoms with Gasteiger partial charge in [0.15, 0.2) is 0 Å². The quantitative estimate of drug-likeness (QED) is 0.628. The molecule has 100 valence electrons. The van der Waals surface area contributed by atoms with E-state index in [0.29, 0.717) is 0 Å². The van der Waals surface area contributed by atoms with Crippen LogP contribution in [0.15, 0.2) is 43.0 Å². The highest BCUT2D eigenvalue weighted by molar-refractivity contribution is 7.90. The molecular formula is C15H23NOS. The molecule has 1 N–H and O–H groups in total. The van der Waals surface area contributed by atoms with Gasteiger partial charge >= 0.3 is 0 Å². The molecule has 0 spiro atoms. The summed E-state index contributed by atoms with van der Waals surface area (Å²) in [6.45, 7) is 9.68. The predicted octanol–water partition coefficient (Wildman–Crippen LogP) is 3.75. The predicted molar refractivity (Wildman–Crippen MR) is 79.6 cm³/mol. The topological polar surface area (TPSA) is 35.1 Å². The third-order valence-corrected chi connectivity index (χ3v) is 4.28. The molecule has 0 aliphatic heterocycles. The van der Waals surface area contributed by atoms with E-state index in [0.717, 1.165) is 12.8 Å².